The van der Waals surface area contributed by atoms with Crippen LogP contribution in [0.15, 0.2) is 42.5 Å². The van der Waals surface area contributed by atoms with E-state index in [0.717, 1.165) is 24.0 Å². The van der Waals surface area contributed by atoms with Crippen molar-refractivity contribution in [1.82, 2.24) is 15.1 Å². The van der Waals surface area contributed by atoms with Gasteiger partial charge in [0.1, 0.15) is 17.1 Å². The highest BCUT2D eigenvalue weighted by Crippen LogP contribution is 2.45. The molecule has 2 heterocycles. The Morgan fingerprint density at radius 1 is 1.14 bits per heavy atom. The van der Waals surface area contributed by atoms with Crippen LogP contribution in [-0.4, -0.2) is 32.7 Å². The van der Waals surface area contributed by atoms with Crippen LogP contribution >= 0.6 is 23.2 Å². The van der Waals surface area contributed by atoms with Gasteiger partial charge in [0.25, 0.3) is 5.91 Å². The number of H-pyrrole nitrogens is 1. The van der Waals surface area contributed by atoms with Crippen molar-refractivity contribution in [2.75, 3.05) is 6.54 Å². The quantitative estimate of drug-likeness (QED) is 0.583. The molecule has 0 saturated heterocycles. The summed E-state index contributed by atoms with van der Waals surface area (Å²) in [4.78, 5) is 14.9. The Morgan fingerprint density at radius 2 is 1.86 bits per heavy atom. The van der Waals surface area contributed by atoms with Crippen molar-refractivity contribution < 1.29 is 9.90 Å². The van der Waals surface area contributed by atoms with Crippen LogP contribution in [0.1, 0.15) is 47.4 Å². The van der Waals surface area contributed by atoms with Crippen LogP contribution in [0, 0.1) is 0 Å². The lowest BCUT2D eigenvalue weighted by Gasteiger charge is -2.26. The molecule has 1 unspecified atom stereocenters. The molecule has 4 rings (SSSR count). The number of carbonyl (C=O) groups is 1. The Hall–Kier alpha value is -2.50. The Balaban J connectivity index is 1.89. The molecule has 0 bridgehead atoms. The summed E-state index contributed by atoms with van der Waals surface area (Å²) in [6, 6.07) is 12.0. The number of aromatic hydroxyl groups is 1. The molecular weight excluding hydrogens is 397 g/mol. The third-order valence-corrected chi connectivity index (χ3v) is 5.50. The number of aromatic amines is 1. The van der Waals surface area contributed by atoms with Crippen molar-refractivity contribution in [2.45, 2.75) is 25.8 Å². The molecule has 144 valence electrons. The number of amides is 1. The van der Waals surface area contributed by atoms with E-state index in [1.807, 2.05) is 29.2 Å². The minimum atomic E-state index is -0.307. The third-order valence-electron chi connectivity index (χ3n) is 5.02. The lowest BCUT2D eigenvalue weighted by atomic mass is 9.95. The Labute approximate surface area is 172 Å². The van der Waals surface area contributed by atoms with E-state index in [1.54, 1.807) is 12.1 Å². The van der Waals surface area contributed by atoms with Crippen molar-refractivity contribution in [3.63, 3.8) is 0 Å². The minimum Gasteiger partial charge on any atom is -0.507 e. The number of hydrogen-bond donors (Lipinski definition) is 2. The van der Waals surface area contributed by atoms with Gasteiger partial charge >= 0.3 is 0 Å². The predicted octanol–water partition coefficient (Wildman–Crippen LogP) is 5.43. The molecule has 2 aromatic carbocycles. The molecule has 0 fully saturated rings. The summed E-state index contributed by atoms with van der Waals surface area (Å²) in [5.41, 5.74) is 3.17. The molecule has 1 aliphatic heterocycles. The van der Waals surface area contributed by atoms with E-state index in [4.69, 9.17) is 23.2 Å². The van der Waals surface area contributed by atoms with E-state index in [0.29, 0.717) is 33.5 Å². The van der Waals surface area contributed by atoms with Crippen LogP contribution in [0.3, 0.4) is 0 Å². The molecule has 1 amide bonds. The number of phenols is 1. The number of benzene rings is 2. The van der Waals surface area contributed by atoms with Crippen LogP contribution in [-0.2, 0) is 0 Å². The monoisotopic (exact) mass is 415 g/mol. The van der Waals surface area contributed by atoms with E-state index < -0.39 is 0 Å². The van der Waals surface area contributed by atoms with Gasteiger partial charge in [-0.3, -0.25) is 9.89 Å². The van der Waals surface area contributed by atoms with E-state index >= 15 is 0 Å². The molecule has 1 atom stereocenters. The van der Waals surface area contributed by atoms with Crippen LogP contribution in [0.25, 0.3) is 11.3 Å². The molecule has 7 heteroatoms. The molecule has 2 N–H and O–H groups in total. The molecular formula is C21H19Cl2N3O2. The molecule has 3 aromatic rings. The molecule has 0 spiro atoms. The van der Waals surface area contributed by atoms with Gasteiger partial charge in [0.15, 0.2) is 0 Å². The Bertz CT molecular complexity index is 1030. The first-order valence-electron chi connectivity index (χ1n) is 9.14. The van der Waals surface area contributed by atoms with Crippen molar-refractivity contribution in [2.24, 2.45) is 0 Å². The number of hydrogen-bond acceptors (Lipinski definition) is 3. The topological polar surface area (TPSA) is 69.2 Å². The molecule has 28 heavy (non-hydrogen) atoms. The number of unbranched alkanes of at least 4 members (excludes halogenated alkanes) is 1. The summed E-state index contributed by atoms with van der Waals surface area (Å²) in [7, 11) is 0. The fraction of sp³-hybridized carbons (Fsp3) is 0.238. The summed E-state index contributed by atoms with van der Waals surface area (Å²) >= 11 is 12.2. The molecule has 1 aromatic heterocycles. The van der Waals surface area contributed by atoms with Crippen molar-refractivity contribution in [3.05, 3.63) is 69.3 Å². The minimum absolute atomic E-state index is 0.0630. The largest absolute Gasteiger partial charge is 0.507 e. The summed E-state index contributed by atoms with van der Waals surface area (Å²) in [5, 5.41) is 18.7. The van der Waals surface area contributed by atoms with E-state index in [-0.39, 0.29) is 17.7 Å². The van der Waals surface area contributed by atoms with Gasteiger partial charge in [-0.1, -0.05) is 48.7 Å². The summed E-state index contributed by atoms with van der Waals surface area (Å²) < 4.78 is 0. The van der Waals surface area contributed by atoms with Gasteiger partial charge in [-0.05, 0) is 42.3 Å². The van der Waals surface area contributed by atoms with E-state index in [2.05, 4.69) is 17.1 Å². The number of aromatic nitrogens is 2. The zero-order chi connectivity index (χ0) is 19.8. The van der Waals surface area contributed by atoms with Gasteiger partial charge in [-0.2, -0.15) is 5.10 Å². The lowest BCUT2D eigenvalue weighted by Crippen LogP contribution is -2.30. The first-order valence-corrected chi connectivity index (χ1v) is 9.90. The standard InChI is InChI=1S/C21H19Cl2N3O2/c1-2-3-10-26-20(12-4-6-13(22)7-5-12)17-18(24-25-19(17)21(26)28)15-11-14(23)8-9-16(15)27/h4-9,11,20,27H,2-3,10H2,1H3,(H,24,25). The zero-order valence-electron chi connectivity index (χ0n) is 15.2. The summed E-state index contributed by atoms with van der Waals surface area (Å²) in [6.45, 7) is 2.72. The number of halogens is 2. The van der Waals surface area contributed by atoms with E-state index in [1.165, 1.54) is 6.07 Å². The van der Waals surface area contributed by atoms with Gasteiger partial charge in [-0.15, -0.1) is 0 Å². The second kappa shape index (κ2) is 7.49. The number of phenolic OH excluding ortho intramolecular Hbond substituents is 1. The highest BCUT2D eigenvalue weighted by molar-refractivity contribution is 6.31. The second-order valence-corrected chi connectivity index (χ2v) is 7.70. The van der Waals surface area contributed by atoms with Crippen molar-refractivity contribution in [3.8, 4) is 17.0 Å². The number of carbonyl (C=O) groups excluding carboxylic acids is 1. The highest BCUT2D eigenvalue weighted by atomic mass is 35.5. The maximum atomic E-state index is 13.1. The molecule has 0 aliphatic carbocycles. The van der Waals surface area contributed by atoms with Crippen LogP contribution in [0.4, 0.5) is 0 Å². The number of rotatable bonds is 5. The fourth-order valence-corrected chi connectivity index (χ4v) is 3.95. The summed E-state index contributed by atoms with van der Waals surface area (Å²) in [6.07, 6.45) is 1.87. The molecule has 1 aliphatic rings. The average molecular weight is 416 g/mol. The van der Waals surface area contributed by atoms with Crippen molar-refractivity contribution in [1.29, 1.82) is 0 Å². The maximum absolute atomic E-state index is 13.1. The van der Waals surface area contributed by atoms with Gasteiger partial charge in [-0.25, -0.2) is 0 Å². The van der Waals surface area contributed by atoms with Crippen LogP contribution < -0.4 is 0 Å². The third kappa shape index (κ3) is 3.15. The molecule has 0 saturated carbocycles. The zero-order valence-corrected chi connectivity index (χ0v) is 16.8. The smallest absolute Gasteiger partial charge is 0.273 e. The van der Waals surface area contributed by atoms with Crippen molar-refractivity contribution >= 4 is 29.1 Å². The summed E-state index contributed by atoms with van der Waals surface area (Å²) in [5.74, 6) is -0.0309. The van der Waals surface area contributed by atoms with E-state index in [9.17, 15) is 9.90 Å². The first kappa shape index (κ1) is 18.8. The molecule has 5 nitrogen and oxygen atoms in total. The highest BCUT2D eigenvalue weighted by Gasteiger charge is 2.42. The number of nitrogens with one attached hydrogen (secondary N) is 1. The first-order chi connectivity index (χ1) is 13.5. The lowest BCUT2D eigenvalue weighted by molar-refractivity contribution is 0.0741. The Morgan fingerprint density at radius 3 is 2.57 bits per heavy atom. The normalized spacial score (nSPS) is 15.9. The van der Waals surface area contributed by atoms with Crippen LogP contribution in [0.2, 0.25) is 10.0 Å². The maximum Gasteiger partial charge on any atom is 0.273 e. The fourth-order valence-electron chi connectivity index (χ4n) is 3.65. The molecule has 0 radical (unpaired) electrons. The number of nitrogens with zero attached hydrogens (tertiary/aromatic N) is 2. The van der Waals surface area contributed by atoms with Gasteiger partial charge in [0.05, 0.1) is 6.04 Å². The van der Waals surface area contributed by atoms with Gasteiger partial charge < -0.3 is 10.0 Å². The Kier molecular flexibility index (Phi) is 5.04. The van der Waals surface area contributed by atoms with Gasteiger partial charge in [0, 0.05) is 27.7 Å². The second-order valence-electron chi connectivity index (χ2n) is 6.83. The number of fused-ring (bicyclic) bond motifs is 1. The van der Waals surface area contributed by atoms with Crippen LogP contribution in [0.5, 0.6) is 5.75 Å². The SMILES string of the molecule is CCCCN1C(=O)c2[nH]nc(-c3cc(Cl)ccc3O)c2C1c1ccc(Cl)cc1. The average Bonchev–Trinajstić information content (AvgIpc) is 3.22. The van der Waals surface area contributed by atoms with Gasteiger partial charge in [0.2, 0.25) is 0 Å². The predicted molar refractivity (Wildman–Crippen MR) is 110 cm³/mol.